The zero-order valence-corrected chi connectivity index (χ0v) is 16.5. The highest BCUT2D eigenvalue weighted by molar-refractivity contribution is 7.89. The lowest BCUT2D eigenvalue weighted by atomic mass is 10.1. The number of rotatable bonds is 6. The second-order valence-electron chi connectivity index (χ2n) is 6.40. The van der Waals surface area contributed by atoms with Crippen molar-refractivity contribution in [1.82, 2.24) is 15.4 Å². The zero-order chi connectivity index (χ0) is 20.8. The highest BCUT2D eigenvalue weighted by Crippen LogP contribution is 2.24. The number of methoxy groups -OCH3 is 1. The minimum atomic E-state index is -3.88. The van der Waals surface area contributed by atoms with Crippen molar-refractivity contribution in [3.05, 3.63) is 23.8 Å². The van der Waals surface area contributed by atoms with Gasteiger partial charge in [-0.05, 0) is 46.0 Å². The molecule has 3 amide bonds. The third kappa shape index (κ3) is 6.87. The predicted molar refractivity (Wildman–Crippen MR) is 95.9 cm³/mol. The van der Waals surface area contributed by atoms with Gasteiger partial charge in [-0.25, -0.2) is 22.7 Å². The van der Waals surface area contributed by atoms with E-state index in [-0.39, 0.29) is 16.2 Å². The molecule has 0 heterocycles. The lowest BCUT2D eigenvalue weighted by molar-refractivity contribution is -0.123. The molecule has 0 spiro atoms. The molecule has 0 unspecified atom stereocenters. The van der Waals surface area contributed by atoms with Crippen molar-refractivity contribution in [3.8, 4) is 5.75 Å². The molecule has 0 atom stereocenters. The zero-order valence-electron chi connectivity index (χ0n) is 15.7. The van der Waals surface area contributed by atoms with Crippen LogP contribution >= 0.6 is 0 Å². The van der Waals surface area contributed by atoms with Crippen LogP contribution in [0.2, 0.25) is 0 Å². The second-order valence-corrected chi connectivity index (χ2v) is 8.26. The molecule has 150 valence electrons. The molecule has 0 aliphatic heterocycles. The summed E-state index contributed by atoms with van der Waals surface area (Å²) in [6, 6.07) is 2.92. The van der Waals surface area contributed by atoms with E-state index < -0.39 is 40.1 Å². The molecule has 3 N–H and O–H groups in total. The Morgan fingerprint density at radius 2 is 1.78 bits per heavy atom. The Labute approximate surface area is 157 Å². The molecular formula is C16H23N3O7S. The molecule has 0 saturated heterocycles. The van der Waals surface area contributed by atoms with Crippen molar-refractivity contribution in [3.63, 3.8) is 0 Å². The number of carbonyl (C=O) groups is 3. The molecule has 1 aromatic carbocycles. The van der Waals surface area contributed by atoms with E-state index in [0.717, 1.165) is 6.07 Å². The van der Waals surface area contributed by atoms with Crippen molar-refractivity contribution >= 4 is 27.9 Å². The van der Waals surface area contributed by atoms with Crippen LogP contribution in [-0.2, 0) is 19.6 Å². The minimum Gasteiger partial charge on any atom is -0.495 e. The summed E-state index contributed by atoms with van der Waals surface area (Å²) in [5.41, 5.74) is -0.643. The Kier molecular flexibility index (Phi) is 7.31. The Bertz CT molecular complexity index is 829. The number of nitrogens with one attached hydrogen (secondary N) is 3. The fraction of sp³-hybridized carbons (Fsp3) is 0.438. The first-order valence-corrected chi connectivity index (χ1v) is 9.28. The number of sulfonamides is 1. The van der Waals surface area contributed by atoms with Crippen molar-refractivity contribution in [2.75, 3.05) is 20.8 Å². The van der Waals surface area contributed by atoms with E-state index in [1.807, 2.05) is 5.32 Å². The first kappa shape index (κ1) is 22.4. The Morgan fingerprint density at radius 1 is 1.15 bits per heavy atom. The summed E-state index contributed by atoms with van der Waals surface area (Å²) in [6.45, 7) is 4.49. The van der Waals surface area contributed by atoms with Gasteiger partial charge in [0, 0.05) is 5.54 Å². The van der Waals surface area contributed by atoms with Crippen molar-refractivity contribution < 1.29 is 32.3 Å². The van der Waals surface area contributed by atoms with Gasteiger partial charge in [0.25, 0.3) is 5.91 Å². The molecule has 0 aromatic heterocycles. The van der Waals surface area contributed by atoms with Gasteiger partial charge in [-0.3, -0.25) is 10.1 Å². The standard InChI is InChI=1S/C16H23N3O7S/c1-16(2,3)19-15(22)18-13(20)9-26-14(21)10-6-7-11(25-5)12(8-10)27(23,24)17-4/h6-8,17H,9H2,1-5H3,(H2,18,19,20,22). The SMILES string of the molecule is CNS(=O)(=O)c1cc(C(=O)OCC(=O)NC(=O)NC(C)(C)C)ccc1OC. The van der Waals surface area contributed by atoms with Gasteiger partial charge in [-0.15, -0.1) is 0 Å². The number of hydrogen-bond donors (Lipinski definition) is 3. The Morgan fingerprint density at radius 3 is 2.30 bits per heavy atom. The molecular weight excluding hydrogens is 378 g/mol. The first-order valence-electron chi connectivity index (χ1n) is 7.80. The van der Waals surface area contributed by atoms with E-state index in [1.165, 1.54) is 26.3 Å². The number of carbonyl (C=O) groups excluding carboxylic acids is 3. The number of urea groups is 1. The van der Waals surface area contributed by atoms with Crippen LogP contribution in [0.4, 0.5) is 4.79 Å². The molecule has 1 rings (SSSR count). The highest BCUT2D eigenvalue weighted by atomic mass is 32.2. The average Bonchev–Trinajstić information content (AvgIpc) is 2.57. The number of ether oxygens (including phenoxy) is 2. The van der Waals surface area contributed by atoms with Crippen LogP contribution in [0.25, 0.3) is 0 Å². The lowest BCUT2D eigenvalue weighted by Gasteiger charge is -2.20. The second kappa shape index (κ2) is 8.82. The number of imide groups is 1. The number of esters is 1. The number of hydrogen-bond acceptors (Lipinski definition) is 7. The molecule has 0 bridgehead atoms. The molecule has 11 heteroatoms. The largest absolute Gasteiger partial charge is 0.495 e. The van der Waals surface area contributed by atoms with Gasteiger partial charge in [-0.2, -0.15) is 0 Å². The maximum Gasteiger partial charge on any atom is 0.338 e. The van der Waals surface area contributed by atoms with Gasteiger partial charge in [0.1, 0.15) is 10.6 Å². The van der Waals surface area contributed by atoms with Gasteiger partial charge in [0.2, 0.25) is 10.0 Å². The van der Waals surface area contributed by atoms with Gasteiger partial charge >= 0.3 is 12.0 Å². The van der Waals surface area contributed by atoms with E-state index >= 15 is 0 Å². The van der Waals surface area contributed by atoms with Gasteiger partial charge in [-0.1, -0.05) is 0 Å². The van der Waals surface area contributed by atoms with Crippen molar-refractivity contribution in [1.29, 1.82) is 0 Å². The monoisotopic (exact) mass is 401 g/mol. The van der Waals surface area contributed by atoms with Gasteiger partial charge in [0.15, 0.2) is 6.61 Å². The van der Waals surface area contributed by atoms with Crippen LogP contribution in [0.5, 0.6) is 5.75 Å². The van der Waals surface area contributed by atoms with Crippen LogP contribution in [0, 0.1) is 0 Å². The molecule has 0 radical (unpaired) electrons. The molecule has 1 aromatic rings. The summed E-state index contributed by atoms with van der Waals surface area (Å²) in [7, 11) is -1.37. The third-order valence-electron chi connectivity index (χ3n) is 3.03. The van der Waals surface area contributed by atoms with Crippen LogP contribution in [0.3, 0.4) is 0 Å². The fourth-order valence-corrected chi connectivity index (χ4v) is 2.79. The van der Waals surface area contributed by atoms with Gasteiger partial charge < -0.3 is 14.8 Å². The van der Waals surface area contributed by atoms with Crippen LogP contribution in [0.15, 0.2) is 23.1 Å². The summed E-state index contributed by atoms with van der Waals surface area (Å²) >= 11 is 0. The fourth-order valence-electron chi connectivity index (χ4n) is 1.87. The molecule has 0 saturated carbocycles. The molecule has 0 aliphatic rings. The van der Waals surface area contributed by atoms with E-state index in [0.29, 0.717) is 0 Å². The summed E-state index contributed by atoms with van der Waals surface area (Å²) in [6.07, 6.45) is 0. The maximum atomic E-state index is 12.1. The third-order valence-corrected chi connectivity index (χ3v) is 4.47. The van der Waals surface area contributed by atoms with Gasteiger partial charge in [0.05, 0.1) is 12.7 Å². The molecule has 0 fully saturated rings. The van der Waals surface area contributed by atoms with Crippen LogP contribution in [0.1, 0.15) is 31.1 Å². The van der Waals surface area contributed by atoms with E-state index in [1.54, 1.807) is 20.8 Å². The number of amides is 3. The normalized spacial score (nSPS) is 11.4. The van der Waals surface area contributed by atoms with E-state index in [9.17, 15) is 22.8 Å². The molecule has 10 nitrogen and oxygen atoms in total. The summed E-state index contributed by atoms with van der Waals surface area (Å²) in [5.74, 6) is -1.73. The summed E-state index contributed by atoms with van der Waals surface area (Å²) < 4.78 is 35.9. The number of benzene rings is 1. The lowest BCUT2D eigenvalue weighted by Crippen LogP contribution is -2.49. The average molecular weight is 401 g/mol. The molecule has 27 heavy (non-hydrogen) atoms. The van der Waals surface area contributed by atoms with Crippen LogP contribution in [-0.4, -0.2) is 52.6 Å². The highest BCUT2D eigenvalue weighted by Gasteiger charge is 2.21. The first-order chi connectivity index (χ1) is 12.4. The quantitative estimate of drug-likeness (QED) is 0.586. The predicted octanol–water partition coefficient (Wildman–Crippen LogP) is 0.384. The van der Waals surface area contributed by atoms with Crippen molar-refractivity contribution in [2.45, 2.75) is 31.2 Å². The molecule has 0 aliphatic carbocycles. The van der Waals surface area contributed by atoms with Crippen molar-refractivity contribution in [2.24, 2.45) is 0 Å². The summed E-state index contributed by atoms with van der Waals surface area (Å²) in [4.78, 5) is 35.1. The Hall–Kier alpha value is -2.66. The summed E-state index contributed by atoms with van der Waals surface area (Å²) in [5, 5.41) is 4.53. The smallest absolute Gasteiger partial charge is 0.338 e. The van der Waals surface area contributed by atoms with E-state index in [4.69, 9.17) is 9.47 Å². The maximum absolute atomic E-state index is 12.1. The topological polar surface area (TPSA) is 140 Å². The Balaban J connectivity index is 2.80. The minimum absolute atomic E-state index is 0.0393. The van der Waals surface area contributed by atoms with E-state index in [2.05, 4.69) is 10.0 Å². The van der Waals surface area contributed by atoms with Crippen LogP contribution < -0.4 is 20.1 Å².